The van der Waals surface area contributed by atoms with E-state index in [0.29, 0.717) is 12.4 Å². The maximum absolute atomic E-state index is 11.5. The Morgan fingerprint density at radius 1 is 1.42 bits per heavy atom. The van der Waals surface area contributed by atoms with Crippen molar-refractivity contribution in [1.82, 2.24) is 0 Å². The molecule has 98 valence electrons. The number of ketones is 1. The molecule has 2 rings (SSSR count). The Balaban J connectivity index is 2.24. The molecule has 0 unspecified atom stereocenters. The maximum atomic E-state index is 11.5. The van der Waals surface area contributed by atoms with E-state index >= 15 is 0 Å². The lowest BCUT2D eigenvalue weighted by molar-refractivity contribution is -0.384. The summed E-state index contributed by atoms with van der Waals surface area (Å²) in [5, 5.41) is 12.6. The van der Waals surface area contributed by atoms with Crippen molar-refractivity contribution in [3.8, 4) is 5.75 Å². The zero-order chi connectivity index (χ0) is 13.8. The molecule has 0 bridgehead atoms. The van der Waals surface area contributed by atoms with Crippen LogP contribution in [0.15, 0.2) is 35.7 Å². The van der Waals surface area contributed by atoms with Gasteiger partial charge in [0, 0.05) is 17.0 Å². The first-order valence-corrected chi connectivity index (χ1v) is 6.40. The molecular weight excluding hydrogens is 266 g/mol. The average molecular weight is 277 g/mol. The molecule has 0 fully saturated rings. The first kappa shape index (κ1) is 13.2. The van der Waals surface area contributed by atoms with Crippen LogP contribution in [-0.4, -0.2) is 10.7 Å². The maximum Gasteiger partial charge on any atom is 0.270 e. The van der Waals surface area contributed by atoms with Crippen LogP contribution in [0.2, 0.25) is 0 Å². The van der Waals surface area contributed by atoms with E-state index in [-0.39, 0.29) is 17.0 Å². The lowest BCUT2D eigenvalue weighted by Crippen LogP contribution is -2.02. The second-order valence-corrected chi connectivity index (χ2v) is 4.89. The summed E-state index contributed by atoms with van der Waals surface area (Å²) in [6.07, 6.45) is 0. The van der Waals surface area contributed by atoms with Gasteiger partial charge in [0.15, 0.2) is 5.78 Å². The van der Waals surface area contributed by atoms with Crippen LogP contribution >= 0.6 is 11.3 Å². The fourth-order valence-corrected chi connectivity index (χ4v) is 2.19. The number of nitro benzene ring substituents is 1. The fraction of sp³-hybridized carbons (Fsp3) is 0.154. The topological polar surface area (TPSA) is 69.4 Å². The number of carbonyl (C=O) groups excluding carboxylic acids is 1. The van der Waals surface area contributed by atoms with Crippen molar-refractivity contribution in [2.24, 2.45) is 0 Å². The minimum atomic E-state index is -0.532. The number of carbonyl (C=O) groups is 1. The normalized spacial score (nSPS) is 10.2. The van der Waals surface area contributed by atoms with Crippen molar-refractivity contribution >= 4 is 22.8 Å². The van der Waals surface area contributed by atoms with Crippen LogP contribution in [0.25, 0.3) is 0 Å². The zero-order valence-corrected chi connectivity index (χ0v) is 11.0. The highest BCUT2D eigenvalue weighted by molar-refractivity contribution is 7.09. The molecule has 0 spiro atoms. The molecule has 0 saturated carbocycles. The van der Waals surface area contributed by atoms with Crippen LogP contribution in [0, 0.1) is 10.1 Å². The summed E-state index contributed by atoms with van der Waals surface area (Å²) in [5.74, 6) is 0.108. The SMILES string of the molecule is CC(=O)c1cc([N+](=O)[O-])ccc1OCc1cccs1. The van der Waals surface area contributed by atoms with Crippen molar-refractivity contribution in [3.05, 3.63) is 56.3 Å². The molecule has 0 aliphatic carbocycles. The van der Waals surface area contributed by atoms with Gasteiger partial charge in [-0.2, -0.15) is 0 Å². The highest BCUT2D eigenvalue weighted by Crippen LogP contribution is 2.26. The predicted molar refractivity (Wildman–Crippen MR) is 71.8 cm³/mol. The van der Waals surface area contributed by atoms with Gasteiger partial charge < -0.3 is 4.74 Å². The molecule has 2 aromatic rings. The first-order chi connectivity index (χ1) is 9.08. The summed E-state index contributed by atoms with van der Waals surface area (Å²) >= 11 is 1.55. The summed E-state index contributed by atoms with van der Waals surface area (Å²) < 4.78 is 5.54. The van der Waals surface area contributed by atoms with Gasteiger partial charge in [0.1, 0.15) is 12.4 Å². The van der Waals surface area contributed by atoms with Gasteiger partial charge in [-0.3, -0.25) is 14.9 Å². The first-order valence-electron chi connectivity index (χ1n) is 5.52. The summed E-state index contributed by atoms with van der Waals surface area (Å²) in [6, 6.07) is 7.86. The zero-order valence-electron chi connectivity index (χ0n) is 10.2. The quantitative estimate of drug-likeness (QED) is 0.477. The van der Waals surface area contributed by atoms with E-state index in [0.717, 1.165) is 4.88 Å². The number of rotatable bonds is 5. The highest BCUT2D eigenvalue weighted by atomic mass is 32.1. The molecule has 19 heavy (non-hydrogen) atoms. The van der Waals surface area contributed by atoms with Crippen LogP contribution in [0.4, 0.5) is 5.69 Å². The van der Waals surface area contributed by atoms with E-state index in [1.165, 1.54) is 25.1 Å². The van der Waals surface area contributed by atoms with Crippen LogP contribution in [0.1, 0.15) is 22.2 Å². The molecular formula is C13H11NO4S. The summed E-state index contributed by atoms with van der Waals surface area (Å²) in [7, 11) is 0. The Morgan fingerprint density at radius 3 is 2.79 bits per heavy atom. The molecule has 1 aromatic carbocycles. The monoisotopic (exact) mass is 277 g/mol. The Hall–Kier alpha value is -2.21. The number of thiophene rings is 1. The van der Waals surface area contributed by atoms with Crippen molar-refractivity contribution < 1.29 is 14.5 Å². The molecule has 0 N–H and O–H groups in total. The van der Waals surface area contributed by atoms with Crippen molar-refractivity contribution in [1.29, 1.82) is 0 Å². The number of hydrogen-bond acceptors (Lipinski definition) is 5. The van der Waals surface area contributed by atoms with Gasteiger partial charge in [-0.25, -0.2) is 0 Å². The molecule has 0 radical (unpaired) electrons. The molecule has 0 amide bonds. The molecule has 0 aliphatic rings. The van der Waals surface area contributed by atoms with E-state index in [4.69, 9.17) is 4.74 Å². The molecule has 1 heterocycles. The second-order valence-electron chi connectivity index (χ2n) is 3.86. The number of nitrogens with zero attached hydrogens (tertiary/aromatic N) is 1. The number of ether oxygens (including phenoxy) is 1. The van der Waals surface area contributed by atoms with Crippen LogP contribution in [-0.2, 0) is 6.61 Å². The smallest absolute Gasteiger partial charge is 0.270 e. The fourth-order valence-electron chi connectivity index (χ4n) is 1.58. The number of hydrogen-bond donors (Lipinski definition) is 0. The van der Waals surface area contributed by atoms with Crippen molar-refractivity contribution in [2.75, 3.05) is 0 Å². The van der Waals surface area contributed by atoms with Crippen molar-refractivity contribution in [3.63, 3.8) is 0 Å². The third-order valence-corrected chi connectivity index (χ3v) is 3.35. The minimum Gasteiger partial charge on any atom is -0.487 e. The Kier molecular flexibility index (Phi) is 3.91. The van der Waals surface area contributed by atoms with E-state index in [2.05, 4.69) is 0 Å². The van der Waals surface area contributed by atoms with Gasteiger partial charge in [-0.1, -0.05) is 6.07 Å². The standard InChI is InChI=1S/C13H11NO4S/c1-9(15)12-7-10(14(16)17)4-5-13(12)18-8-11-3-2-6-19-11/h2-7H,8H2,1H3. The van der Waals surface area contributed by atoms with E-state index in [1.807, 2.05) is 17.5 Å². The molecule has 5 nitrogen and oxygen atoms in total. The third kappa shape index (κ3) is 3.17. The molecule has 0 saturated heterocycles. The van der Waals surface area contributed by atoms with Crippen LogP contribution in [0.3, 0.4) is 0 Å². The van der Waals surface area contributed by atoms with Crippen LogP contribution < -0.4 is 4.74 Å². The van der Waals surface area contributed by atoms with E-state index in [1.54, 1.807) is 11.3 Å². The third-order valence-electron chi connectivity index (χ3n) is 2.50. The number of nitro groups is 1. The highest BCUT2D eigenvalue weighted by Gasteiger charge is 2.15. The molecule has 0 aliphatic heterocycles. The van der Waals surface area contributed by atoms with E-state index < -0.39 is 4.92 Å². The Labute approximate surface area is 113 Å². The average Bonchev–Trinajstić information content (AvgIpc) is 2.89. The van der Waals surface area contributed by atoms with Gasteiger partial charge in [-0.05, 0) is 24.4 Å². The lowest BCUT2D eigenvalue weighted by Gasteiger charge is -2.08. The number of non-ortho nitro benzene ring substituents is 1. The van der Waals surface area contributed by atoms with Gasteiger partial charge in [0.2, 0.25) is 0 Å². The Morgan fingerprint density at radius 2 is 2.21 bits per heavy atom. The van der Waals surface area contributed by atoms with Gasteiger partial charge in [0.25, 0.3) is 5.69 Å². The predicted octanol–water partition coefficient (Wildman–Crippen LogP) is 3.44. The van der Waals surface area contributed by atoms with Crippen molar-refractivity contribution in [2.45, 2.75) is 13.5 Å². The molecule has 1 aromatic heterocycles. The lowest BCUT2D eigenvalue weighted by atomic mass is 10.1. The Bertz CT molecular complexity index is 607. The van der Waals surface area contributed by atoms with Gasteiger partial charge in [0.05, 0.1) is 10.5 Å². The number of benzene rings is 1. The number of Topliss-reactive ketones (excluding diaryl/α,β-unsaturated/α-hetero) is 1. The largest absolute Gasteiger partial charge is 0.487 e. The second kappa shape index (κ2) is 5.62. The summed E-state index contributed by atoms with van der Waals surface area (Å²) in [5.41, 5.74) is 0.111. The summed E-state index contributed by atoms with van der Waals surface area (Å²) in [6.45, 7) is 1.70. The summed E-state index contributed by atoms with van der Waals surface area (Å²) in [4.78, 5) is 22.7. The van der Waals surface area contributed by atoms with Gasteiger partial charge in [-0.15, -0.1) is 11.3 Å². The minimum absolute atomic E-state index is 0.117. The van der Waals surface area contributed by atoms with Gasteiger partial charge >= 0.3 is 0 Å². The van der Waals surface area contributed by atoms with E-state index in [9.17, 15) is 14.9 Å². The van der Waals surface area contributed by atoms with Crippen LogP contribution in [0.5, 0.6) is 5.75 Å². The molecule has 0 atom stereocenters. The molecule has 6 heteroatoms.